The van der Waals surface area contributed by atoms with Gasteiger partial charge in [-0.3, -0.25) is 19.4 Å². The molecule has 2 aliphatic heterocycles. The van der Waals surface area contributed by atoms with E-state index in [1.54, 1.807) is 12.1 Å². The van der Waals surface area contributed by atoms with E-state index in [1.165, 1.54) is 4.90 Å². The standard InChI is InChI=1S/C23H25Cl2N3O3/c1-16-2-5-18(14-20(16)25)28-22(29)15-21(23(28)30)27-10-8-26(9-11-27)12-13-31-19-6-3-17(24)4-7-19/h2-7,14,21H,8-13,15H2,1H3. The normalized spacial score (nSPS) is 20.5. The summed E-state index contributed by atoms with van der Waals surface area (Å²) in [5.74, 6) is 0.465. The van der Waals surface area contributed by atoms with Gasteiger partial charge in [0.05, 0.1) is 18.2 Å². The number of rotatable bonds is 6. The van der Waals surface area contributed by atoms with Gasteiger partial charge in [0.25, 0.3) is 5.91 Å². The van der Waals surface area contributed by atoms with Crippen LogP contribution in [0, 0.1) is 6.92 Å². The van der Waals surface area contributed by atoms with Gasteiger partial charge in [-0.05, 0) is 48.9 Å². The monoisotopic (exact) mass is 461 g/mol. The summed E-state index contributed by atoms with van der Waals surface area (Å²) >= 11 is 12.1. The Labute approximate surface area is 192 Å². The summed E-state index contributed by atoms with van der Waals surface area (Å²) in [7, 11) is 0. The lowest BCUT2D eigenvalue weighted by Crippen LogP contribution is -2.53. The van der Waals surface area contributed by atoms with E-state index in [2.05, 4.69) is 9.80 Å². The zero-order valence-electron chi connectivity index (χ0n) is 17.4. The van der Waals surface area contributed by atoms with Crippen LogP contribution in [0.2, 0.25) is 10.0 Å². The maximum Gasteiger partial charge on any atom is 0.251 e. The molecule has 0 bridgehead atoms. The van der Waals surface area contributed by atoms with Crippen molar-refractivity contribution in [1.29, 1.82) is 0 Å². The molecule has 0 spiro atoms. The number of imide groups is 1. The maximum absolute atomic E-state index is 13.0. The topological polar surface area (TPSA) is 53.1 Å². The van der Waals surface area contributed by atoms with Crippen LogP contribution in [0.15, 0.2) is 42.5 Å². The van der Waals surface area contributed by atoms with E-state index < -0.39 is 6.04 Å². The second kappa shape index (κ2) is 9.57. The lowest BCUT2D eigenvalue weighted by Gasteiger charge is -2.36. The van der Waals surface area contributed by atoms with Crippen molar-refractivity contribution in [2.24, 2.45) is 0 Å². The predicted octanol–water partition coefficient (Wildman–Crippen LogP) is 3.63. The Bertz CT molecular complexity index is 959. The maximum atomic E-state index is 13.0. The molecule has 0 radical (unpaired) electrons. The van der Waals surface area contributed by atoms with Gasteiger partial charge in [0, 0.05) is 42.8 Å². The van der Waals surface area contributed by atoms with Gasteiger partial charge in [0.1, 0.15) is 12.4 Å². The zero-order chi connectivity index (χ0) is 22.0. The van der Waals surface area contributed by atoms with Crippen LogP contribution in [0.5, 0.6) is 5.75 Å². The summed E-state index contributed by atoms with van der Waals surface area (Å²) in [4.78, 5) is 31.3. The van der Waals surface area contributed by atoms with Crippen molar-refractivity contribution in [3.63, 3.8) is 0 Å². The highest BCUT2D eigenvalue weighted by Gasteiger charge is 2.43. The molecule has 2 saturated heterocycles. The molecule has 6 nitrogen and oxygen atoms in total. The van der Waals surface area contributed by atoms with Gasteiger partial charge in [-0.2, -0.15) is 0 Å². The average molecular weight is 462 g/mol. The van der Waals surface area contributed by atoms with Gasteiger partial charge in [-0.15, -0.1) is 0 Å². The number of aryl methyl sites for hydroxylation is 1. The van der Waals surface area contributed by atoms with Gasteiger partial charge < -0.3 is 4.74 Å². The van der Waals surface area contributed by atoms with Crippen LogP contribution >= 0.6 is 23.2 Å². The lowest BCUT2D eigenvalue weighted by atomic mass is 10.1. The first kappa shape index (κ1) is 22.1. The molecule has 1 atom stereocenters. The van der Waals surface area contributed by atoms with Crippen molar-refractivity contribution in [2.45, 2.75) is 19.4 Å². The second-order valence-electron chi connectivity index (χ2n) is 7.90. The van der Waals surface area contributed by atoms with Crippen LogP contribution in [-0.4, -0.2) is 67.0 Å². The molecule has 2 fully saturated rings. The molecule has 2 heterocycles. The number of piperazine rings is 1. The number of carbonyl (C=O) groups excluding carboxylic acids is 2. The Morgan fingerprint density at radius 1 is 1.00 bits per heavy atom. The zero-order valence-corrected chi connectivity index (χ0v) is 18.9. The minimum atomic E-state index is -0.403. The van der Waals surface area contributed by atoms with Crippen molar-refractivity contribution < 1.29 is 14.3 Å². The summed E-state index contributed by atoms with van der Waals surface area (Å²) in [5.41, 5.74) is 1.46. The molecule has 2 aromatic rings. The van der Waals surface area contributed by atoms with Gasteiger partial charge in [-0.25, -0.2) is 4.90 Å². The third-order valence-corrected chi connectivity index (χ3v) is 6.53. The van der Waals surface area contributed by atoms with Crippen LogP contribution in [0.4, 0.5) is 5.69 Å². The van der Waals surface area contributed by atoms with Crippen molar-refractivity contribution in [3.8, 4) is 5.75 Å². The Hall–Kier alpha value is -2.12. The van der Waals surface area contributed by atoms with Crippen LogP contribution in [0.3, 0.4) is 0 Å². The average Bonchev–Trinajstić information content (AvgIpc) is 3.06. The van der Waals surface area contributed by atoms with Gasteiger partial charge in [-0.1, -0.05) is 29.3 Å². The van der Waals surface area contributed by atoms with Crippen LogP contribution in [0.25, 0.3) is 0 Å². The van der Waals surface area contributed by atoms with Gasteiger partial charge in [0.2, 0.25) is 5.91 Å². The first-order chi connectivity index (χ1) is 14.9. The summed E-state index contributed by atoms with van der Waals surface area (Å²) in [6.07, 6.45) is 0.212. The van der Waals surface area contributed by atoms with Gasteiger partial charge in [0.15, 0.2) is 0 Å². The Balaban J connectivity index is 1.28. The molecule has 31 heavy (non-hydrogen) atoms. The molecule has 0 saturated carbocycles. The first-order valence-corrected chi connectivity index (χ1v) is 11.2. The van der Waals surface area contributed by atoms with Crippen molar-refractivity contribution in [2.75, 3.05) is 44.2 Å². The fourth-order valence-electron chi connectivity index (χ4n) is 4.02. The number of anilines is 1. The highest BCUT2D eigenvalue weighted by Crippen LogP contribution is 2.29. The van der Waals surface area contributed by atoms with E-state index in [4.69, 9.17) is 27.9 Å². The molecule has 2 amide bonds. The Morgan fingerprint density at radius 3 is 2.39 bits per heavy atom. The van der Waals surface area contributed by atoms with Crippen molar-refractivity contribution in [1.82, 2.24) is 9.80 Å². The molecule has 4 rings (SSSR count). The molecule has 1 unspecified atom stereocenters. The number of carbonyl (C=O) groups is 2. The number of benzene rings is 2. The molecular formula is C23H25Cl2N3O3. The van der Waals surface area contributed by atoms with Crippen LogP contribution in [0.1, 0.15) is 12.0 Å². The van der Waals surface area contributed by atoms with E-state index in [1.807, 2.05) is 37.3 Å². The highest BCUT2D eigenvalue weighted by molar-refractivity contribution is 6.32. The van der Waals surface area contributed by atoms with Gasteiger partial charge >= 0.3 is 0 Å². The summed E-state index contributed by atoms with van der Waals surface area (Å²) in [5, 5.41) is 1.24. The second-order valence-corrected chi connectivity index (χ2v) is 8.74. The van der Waals surface area contributed by atoms with E-state index in [0.717, 1.165) is 44.0 Å². The molecule has 0 aromatic heterocycles. The number of halogens is 2. The molecule has 0 aliphatic carbocycles. The van der Waals surface area contributed by atoms with E-state index in [9.17, 15) is 9.59 Å². The summed E-state index contributed by atoms with van der Waals surface area (Å²) < 4.78 is 5.77. The molecule has 2 aromatic carbocycles. The van der Waals surface area contributed by atoms with Crippen molar-refractivity contribution >= 4 is 40.7 Å². The highest BCUT2D eigenvalue weighted by atomic mass is 35.5. The molecule has 164 valence electrons. The summed E-state index contributed by atoms with van der Waals surface area (Å²) in [6.45, 7) is 6.44. The van der Waals surface area contributed by atoms with Crippen molar-refractivity contribution in [3.05, 3.63) is 58.1 Å². The molecule has 2 aliphatic rings. The molecule has 0 N–H and O–H groups in total. The van der Waals surface area contributed by atoms with Crippen LogP contribution in [-0.2, 0) is 9.59 Å². The molecule has 8 heteroatoms. The predicted molar refractivity (Wildman–Crippen MR) is 122 cm³/mol. The van der Waals surface area contributed by atoms with E-state index >= 15 is 0 Å². The van der Waals surface area contributed by atoms with E-state index in [-0.39, 0.29) is 18.2 Å². The number of ether oxygens (including phenoxy) is 1. The fraction of sp³-hybridized carbons (Fsp3) is 0.391. The number of hydrogen-bond donors (Lipinski definition) is 0. The number of nitrogens with zero attached hydrogens (tertiary/aromatic N) is 3. The van der Waals surface area contributed by atoms with Crippen LogP contribution < -0.4 is 9.64 Å². The summed E-state index contributed by atoms with van der Waals surface area (Å²) in [6, 6.07) is 12.2. The fourth-order valence-corrected chi connectivity index (χ4v) is 4.32. The quantitative estimate of drug-likeness (QED) is 0.614. The Kier molecular flexibility index (Phi) is 6.82. The molecular weight excluding hydrogens is 437 g/mol. The first-order valence-electron chi connectivity index (χ1n) is 10.4. The minimum absolute atomic E-state index is 0.163. The third kappa shape index (κ3) is 5.04. The minimum Gasteiger partial charge on any atom is -0.492 e. The largest absolute Gasteiger partial charge is 0.492 e. The Morgan fingerprint density at radius 2 is 1.71 bits per heavy atom. The number of hydrogen-bond acceptors (Lipinski definition) is 5. The number of amides is 2. The van der Waals surface area contributed by atoms with E-state index in [0.29, 0.717) is 22.3 Å². The smallest absolute Gasteiger partial charge is 0.251 e. The SMILES string of the molecule is Cc1ccc(N2C(=O)CC(N3CCN(CCOc4ccc(Cl)cc4)CC3)C2=O)cc1Cl. The lowest BCUT2D eigenvalue weighted by molar-refractivity contribution is -0.123. The third-order valence-electron chi connectivity index (χ3n) is 5.87.